The van der Waals surface area contributed by atoms with Crippen molar-refractivity contribution in [2.75, 3.05) is 17.7 Å². The van der Waals surface area contributed by atoms with Crippen molar-refractivity contribution in [2.45, 2.75) is 20.3 Å². The quantitative estimate of drug-likeness (QED) is 0.615. The van der Waals surface area contributed by atoms with Crippen LogP contribution in [0.1, 0.15) is 38.8 Å². The van der Waals surface area contributed by atoms with Crippen molar-refractivity contribution in [3.05, 3.63) is 77.1 Å². The molecule has 7 nitrogen and oxygen atoms in total. The van der Waals surface area contributed by atoms with Gasteiger partial charge in [-0.2, -0.15) is 0 Å². The summed E-state index contributed by atoms with van der Waals surface area (Å²) in [4.78, 5) is 32.5. The Hall–Kier alpha value is -3.74. The first kappa shape index (κ1) is 20.0. The second-order valence-corrected chi connectivity index (χ2v) is 6.41. The summed E-state index contributed by atoms with van der Waals surface area (Å²) in [5, 5.41) is 5.98. The molecule has 3 aromatic rings. The maximum atomic E-state index is 12.6. The van der Waals surface area contributed by atoms with Gasteiger partial charge < -0.3 is 15.4 Å². The molecule has 0 radical (unpaired) electrons. The highest BCUT2D eigenvalue weighted by molar-refractivity contribution is 6.04. The number of carbonyl (C=O) groups excluding carboxylic acids is 2. The number of anilines is 3. The maximum Gasteiger partial charge on any atom is 0.337 e. The number of aryl methyl sites for hydroxylation is 2. The van der Waals surface area contributed by atoms with Gasteiger partial charge in [-0.3, -0.25) is 4.79 Å². The van der Waals surface area contributed by atoms with Gasteiger partial charge in [-0.25, -0.2) is 14.8 Å². The van der Waals surface area contributed by atoms with Crippen molar-refractivity contribution in [1.82, 2.24) is 9.97 Å². The van der Waals surface area contributed by atoms with Crippen LogP contribution < -0.4 is 10.6 Å². The van der Waals surface area contributed by atoms with Gasteiger partial charge in [0, 0.05) is 23.8 Å². The Balaban J connectivity index is 1.68. The van der Waals surface area contributed by atoms with Crippen LogP contribution in [-0.2, 0) is 11.2 Å². The summed E-state index contributed by atoms with van der Waals surface area (Å²) >= 11 is 0. The predicted octanol–water partition coefficient (Wildman–Crippen LogP) is 4.13. The van der Waals surface area contributed by atoms with Crippen LogP contribution in [-0.4, -0.2) is 29.0 Å². The van der Waals surface area contributed by atoms with E-state index in [0.717, 1.165) is 23.2 Å². The number of esters is 1. The lowest BCUT2D eigenvalue weighted by Gasteiger charge is -2.13. The molecule has 2 N–H and O–H groups in total. The number of rotatable bonds is 6. The Kier molecular flexibility index (Phi) is 6.19. The average molecular weight is 390 g/mol. The molecule has 0 spiro atoms. The van der Waals surface area contributed by atoms with E-state index in [-0.39, 0.29) is 5.91 Å². The topological polar surface area (TPSA) is 93.2 Å². The summed E-state index contributed by atoms with van der Waals surface area (Å²) in [7, 11) is 1.34. The van der Waals surface area contributed by atoms with Crippen molar-refractivity contribution in [3.63, 3.8) is 0 Å². The van der Waals surface area contributed by atoms with Gasteiger partial charge in [0.2, 0.25) is 5.95 Å². The van der Waals surface area contributed by atoms with Crippen LogP contribution in [0.3, 0.4) is 0 Å². The zero-order valence-electron chi connectivity index (χ0n) is 16.5. The highest BCUT2D eigenvalue weighted by Crippen LogP contribution is 2.22. The molecule has 0 aliphatic heterocycles. The fourth-order valence-electron chi connectivity index (χ4n) is 2.83. The molecule has 29 heavy (non-hydrogen) atoms. The SMILES string of the molecule is CCc1cccc(C)c1NC(=O)c1cnc(Nc2ccc(C(=O)OC)cc2)nc1. The third-order valence-electron chi connectivity index (χ3n) is 4.45. The van der Waals surface area contributed by atoms with Crippen LogP contribution in [0.4, 0.5) is 17.3 Å². The van der Waals surface area contributed by atoms with Crippen molar-refractivity contribution in [2.24, 2.45) is 0 Å². The summed E-state index contributed by atoms with van der Waals surface area (Å²) in [6.45, 7) is 4.01. The van der Waals surface area contributed by atoms with E-state index in [1.807, 2.05) is 32.0 Å². The standard InChI is InChI=1S/C22H22N4O3/c1-4-15-7-5-6-14(2)19(15)26-20(27)17-12-23-22(24-13-17)25-18-10-8-16(9-11-18)21(28)29-3/h5-13H,4H2,1-3H3,(H,26,27)(H,23,24,25). The van der Waals surface area contributed by atoms with Crippen LogP contribution in [0.25, 0.3) is 0 Å². The van der Waals surface area contributed by atoms with Crippen molar-refractivity contribution in [1.29, 1.82) is 0 Å². The molecule has 0 saturated heterocycles. The van der Waals surface area contributed by atoms with Gasteiger partial charge >= 0.3 is 5.97 Å². The second-order valence-electron chi connectivity index (χ2n) is 6.41. The zero-order chi connectivity index (χ0) is 20.8. The molecular formula is C22H22N4O3. The van der Waals surface area contributed by atoms with Gasteiger partial charge in [0.15, 0.2) is 0 Å². The molecule has 1 amide bonds. The largest absolute Gasteiger partial charge is 0.465 e. The Labute approximate surface area is 169 Å². The van der Waals surface area contributed by atoms with E-state index in [0.29, 0.717) is 22.8 Å². The molecule has 1 aromatic heterocycles. The lowest BCUT2D eigenvalue weighted by atomic mass is 10.1. The van der Waals surface area contributed by atoms with Crippen LogP contribution >= 0.6 is 0 Å². The second kappa shape index (κ2) is 8.97. The highest BCUT2D eigenvalue weighted by atomic mass is 16.5. The summed E-state index contributed by atoms with van der Waals surface area (Å²) in [5.74, 6) is -0.316. The van der Waals surface area contributed by atoms with Gasteiger partial charge in [-0.1, -0.05) is 25.1 Å². The van der Waals surface area contributed by atoms with Crippen molar-refractivity contribution >= 4 is 29.2 Å². The number of carbonyl (C=O) groups is 2. The van der Waals surface area contributed by atoms with E-state index in [1.165, 1.54) is 19.5 Å². The normalized spacial score (nSPS) is 10.3. The number of hydrogen-bond donors (Lipinski definition) is 2. The van der Waals surface area contributed by atoms with Gasteiger partial charge in [0.05, 0.1) is 18.2 Å². The van der Waals surface area contributed by atoms with E-state index in [9.17, 15) is 9.59 Å². The summed E-state index contributed by atoms with van der Waals surface area (Å²) in [6.07, 6.45) is 3.76. The molecule has 0 bridgehead atoms. The number of methoxy groups -OCH3 is 1. The van der Waals surface area contributed by atoms with Crippen molar-refractivity contribution < 1.29 is 14.3 Å². The average Bonchev–Trinajstić information content (AvgIpc) is 2.75. The molecule has 3 rings (SSSR count). The lowest BCUT2D eigenvalue weighted by molar-refractivity contribution is 0.0600. The molecule has 0 fully saturated rings. The lowest BCUT2D eigenvalue weighted by Crippen LogP contribution is -2.15. The van der Waals surface area contributed by atoms with E-state index < -0.39 is 5.97 Å². The molecular weight excluding hydrogens is 368 g/mol. The highest BCUT2D eigenvalue weighted by Gasteiger charge is 2.12. The number of hydrogen-bond acceptors (Lipinski definition) is 6. The first-order valence-corrected chi connectivity index (χ1v) is 9.19. The molecule has 148 valence electrons. The molecule has 0 aliphatic carbocycles. The monoisotopic (exact) mass is 390 g/mol. The van der Waals surface area contributed by atoms with Crippen molar-refractivity contribution in [3.8, 4) is 0 Å². The number of nitrogens with zero attached hydrogens (tertiary/aromatic N) is 2. The molecule has 0 aliphatic rings. The van der Waals surface area contributed by atoms with Gasteiger partial charge in [0.25, 0.3) is 5.91 Å². The van der Waals surface area contributed by atoms with Gasteiger partial charge in [-0.05, 0) is 48.7 Å². The number of nitrogens with one attached hydrogen (secondary N) is 2. The zero-order valence-corrected chi connectivity index (χ0v) is 16.5. The smallest absolute Gasteiger partial charge is 0.337 e. The predicted molar refractivity (Wildman–Crippen MR) is 112 cm³/mol. The molecule has 7 heteroatoms. The Morgan fingerprint density at radius 1 is 1.00 bits per heavy atom. The van der Waals surface area contributed by atoms with Crippen LogP contribution in [0.5, 0.6) is 0 Å². The number of aromatic nitrogens is 2. The first-order chi connectivity index (χ1) is 14.0. The van der Waals surface area contributed by atoms with Crippen LogP contribution in [0, 0.1) is 6.92 Å². The summed E-state index contributed by atoms with van der Waals surface area (Å²) < 4.78 is 4.67. The third-order valence-corrected chi connectivity index (χ3v) is 4.45. The summed E-state index contributed by atoms with van der Waals surface area (Å²) in [6, 6.07) is 12.7. The number of ether oxygens (including phenoxy) is 1. The molecule has 2 aromatic carbocycles. The fraction of sp³-hybridized carbons (Fsp3) is 0.182. The minimum absolute atomic E-state index is 0.261. The van der Waals surface area contributed by atoms with E-state index in [4.69, 9.17) is 0 Å². The Bertz CT molecular complexity index is 1020. The number of para-hydroxylation sites is 1. The molecule has 0 unspecified atom stereocenters. The van der Waals surface area contributed by atoms with Crippen LogP contribution in [0.15, 0.2) is 54.9 Å². The van der Waals surface area contributed by atoms with Gasteiger partial charge in [0.1, 0.15) is 0 Å². The molecule has 0 atom stereocenters. The Morgan fingerprint density at radius 3 is 2.31 bits per heavy atom. The summed E-state index contributed by atoms with van der Waals surface area (Å²) in [5.41, 5.74) is 4.44. The van der Waals surface area contributed by atoms with E-state index in [1.54, 1.807) is 24.3 Å². The third kappa shape index (κ3) is 4.76. The maximum absolute atomic E-state index is 12.6. The molecule has 0 saturated carbocycles. The van der Waals surface area contributed by atoms with E-state index in [2.05, 4.69) is 25.3 Å². The fourth-order valence-corrected chi connectivity index (χ4v) is 2.83. The minimum atomic E-state index is -0.400. The number of benzene rings is 2. The minimum Gasteiger partial charge on any atom is -0.465 e. The first-order valence-electron chi connectivity index (χ1n) is 9.19. The van der Waals surface area contributed by atoms with Gasteiger partial charge in [-0.15, -0.1) is 0 Å². The van der Waals surface area contributed by atoms with Crippen LogP contribution in [0.2, 0.25) is 0 Å². The van der Waals surface area contributed by atoms with E-state index >= 15 is 0 Å². The number of amides is 1. The molecule has 1 heterocycles. The Morgan fingerprint density at radius 2 is 1.69 bits per heavy atom.